The van der Waals surface area contributed by atoms with Crippen LogP contribution >= 0.6 is 0 Å². The largest absolute Gasteiger partial charge is 0.508 e. The fourth-order valence-corrected chi connectivity index (χ4v) is 4.40. The molecule has 0 bridgehead atoms. The summed E-state index contributed by atoms with van der Waals surface area (Å²) in [6.45, 7) is 4.33. The normalized spacial score (nSPS) is 18.1. The van der Waals surface area contributed by atoms with Crippen LogP contribution in [0, 0.1) is 5.82 Å². The molecule has 0 radical (unpaired) electrons. The second kappa shape index (κ2) is 9.34. The van der Waals surface area contributed by atoms with Crippen molar-refractivity contribution in [1.29, 1.82) is 0 Å². The monoisotopic (exact) mass is 443 g/mol. The fraction of sp³-hybridized carbons (Fsp3) is 0.458. The van der Waals surface area contributed by atoms with Gasteiger partial charge in [0.2, 0.25) is 0 Å². The molecule has 0 amide bonds. The second-order valence-corrected chi connectivity index (χ2v) is 8.82. The number of phenols is 1. The number of benzene rings is 2. The van der Waals surface area contributed by atoms with Gasteiger partial charge in [-0.15, -0.1) is 0 Å². The average Bonchev–Trinajstić information content (AvgIpc) is 3.10. The number of nitrogens with zero attached hydrogens (tertiary/aromatic N) is 1. The van der Waals surface area contributed by atoms with Crippen LogP contribution in [-0.2, 0) is 11.2 Å². The first-order valence-electron chi connectivity index (χ1n) is 11.0. The Morgan fingerprint density at radius 1 is 1.31 bits per heavy atom. The number of hydrogen-bond acceptors (Lipinski definition) is 7. The summed E-state index contributed by atoms with van der Waals surface area (Å²) in [5.74, 6) is 1.12. The lowest BCUT2D eigenvalue weighted by atomic mass is 9.87. The molecule has 32 heavy (non-hydrogen) atoms. The molecule has 0 unspecified atom stereocenters. The number of anilines is 1. The van der Waals surface area contributed by atoms with Gasteiger partial charge in [-0.2, -0.15) is 0 Å². The van der Waals surface area contributed by atoms with E-state index in [1.54, 1.807) is 18.2 Å². The van der Waals surface area contributed by atoms with Gasteiger partial charge in [0.1, 0.15) is 41.1 Å². The zero-order chi connectivity index (χ0) is 22.7. The van der Waals surface area contributed by atoms with Gasteiger partial charge in [-0.05, 0) is 37.3 Å². The highest BCUT2D eigenvalue weighted by molar-refractivity contribution is 5.81. The maximum Gasteiger partial charge on any atom is 0.148 e. The fourth-order valence-electron chi connectivity index (χ4n) is 4.40. The van der Waals surface area contributed by atoms with Crippen molar-refractivity contribution < 1.29 is 23.8 Å². The van der Waals surface area contributed by atoms with E-state index < -0.39 is 0 Å². The number of fused-ring (bicyclic) bond motifs is 1. The van der Waals surface area contributed by atoms with Gasteiger partial charge < -0.3 is 30.5 Å². The Morgan fingerprint density at radius 3 is 2.84 bits per heavy atom. The van der Waals surface area contributed by atoms with Gasteiger partial charge >= 0.3 is 0 Å². The Balaban J connectivity index is 1.26. The molecule has 0 saturated carbocycles. The van der Waals surface area contributed by atoms with Gasteiger partial charge in [0.05, 0.1) is 18.3 Å². The van der Waals surface area contributed by atoms with Crippen LogP contribution in [0.2, 0.25) is 0 Å². The van der Waals surface area contributed by atoms with Gasteiger partial charge in [0.25, 0.3) is 0 Å². The summed E-state index contributed by atoms with van der Waals surface area (Å²) in [6, 6.07) is 9.25. The molecule has 1 atom stereocenters. The summed E-state index contributed by atoms with van der Waals surface area (Å²) in [5.41, 5.74) is 7.66. The lowest BCUT2D eigenvalue weighted by Gasteiger charge is -2.39. The summed E-state index contributed by atoms with van der Waals surface area (Å²) >= 11 is 0. The summed E-state index contributed by atoms with van der Waals surface area (Å²) in [6.07, 6.45) is 2.47. The second-order valence-electron chi connectivity index (χ2n) is 8.82. The van der Waals surface area contributed by atoms with Gasteiger partial charge in [-0.3, -0.25) is 4.79 Å². The maximum atomic E-state index is 13.5. The van der Waals surface area contributed by atoms with Crippen LogP contribution < -0.4 is 20.5 Å². The molecular formula is C24H30FN3O4. The maximum absolute atomic E-state index is 13.5. The van der Waals surface area contributed by atoms with E-state index in [2.05, 4.69) is 10.2 Å². The zero-order valence-corrected chi connectivity index (χ0v) is 18.3. The van der Waals surface area contributed by atoms with Crippen molar-refractivity contribution in [2.24, 2.45) is 5.73 Å². The van der Waals surface area contributed by atoms with Crippen molar-refractivity contribution in [3.05, 3.63) is 47.8 Å². The minimum atomic E-state index is -0.244. The Bertz CT molecular complexity index is 976. The number of hydrogen-bond donors (Lipinski definition) is 3. The number of phenolic OH excluding ortho intramolecular Hbond substituents is 1. The van der Waals surface area contributed by atoms with Gasteiger partial charge in [0.15, 0.2) is 0 Å². The topological polar surface area (TPSA) is 97.0 Å². The number of rotatable bonds is 8. The van der Waals surface area contributed by atoms with Crippen molar-refractivity contribution >= 4 is 11.5 Å². The number of carbonyl (C=O) groups excluding carboxylic acids is 1. The Hall–Kier alpha value is -2.84. The molecule has 1 fully saturated rings. The van der Waals surface area contributed by atoms with Crippen LogP contribution in [0.1, 0.15) is 25.3 Å². The molecule has 2 aromatic rings. The van der Waals surface area contributed by atoms with Crippen LogP contribution in [0.3, 0.4) is 0 Å². The molecule has 4 N–H and O–H groups in total. The van der Waals surface area contributed by atoms with E-state index >= 15 is 0 Å². The first kappa shape index (κ1) is 22.4. The molecule has 1 saturated heterocycles. The van der Waals surface area contributed by atoms with E-state index in [1.807, 2.05) is 0 Å². The number of ether oxygens (including phenoxy) is 2. The first-order valence-corrected chi connectivity index (χ1v) is 11.0. The first-order chi connectivity index (χ1) is 15.3. The summed E-state index contributed by atoms with van der Waals surface area (Å²) in [7, 11) is 0. The van der Waals surface area contributed by atoms with E-state index in [0.717, 1.165) is 43.7 Å². The minimum Gasteiger partial charge on any atom is -0.508 e. The number of nitrogens with one attached hydrogen (secondary N) is 1. The molecule has 0 aromatic heterocycles. The number of aromatic hydroxyl groups is 1. The van der Waals surface area contributed by atoms with E-state index in [0.29, 0.717) is 18.0 Å². The van der Waals surface area contributed by atoms with Crippen LogP contribution in [0.5, 0.6) is 17.2 Å². The molecule has 8 heteroatoms. The van der Waals surface area contributed by atoms with Crippen LogP contribution in [-0.4, -0.2) is 60.2 Å². The van der Waals surface area contributed by atoms with Crippen LogP contribution in [0.15, 0.2) is 36.4 Å². The van der Waals surface area contributed by atoms with Crippen molar-refractivity contribution in [3.63, 3.8) is 0 Å². The van der Waals surface area contributed by atoms with E-state index in [9.17, 15) is 14.3 Å². The Kier molecular flexibility index (Phi) is 6.53. The van der Waals surface area contributed by atoms with Crippen LogP contribution in [0.4, 0.5) is 10.1 Å². The minimum absolute atomic E-state index is 0.00284. The van der Waals surface area contributed by atoms with E-state index in [1.165, 1.54) is 25.1 Å². The number of nitrogens with two attached hydrogens (primary N) is 1. The van der Waals surface area contributed by atoms with Crippen molar-refractivity contribution in [1.82, 2.24) is 4.90 Å². The van der Waals surface area contributed by atoms with Gasteiger partial charge in [0, 0.05) is 50.5 Å². The number of ketones is 1. The quantitative estimate of drug-likeness (QED) is 0.540. The Morgan fingerprint density at radius 2 is 2.09 bits per heavy atom. The Labute approximate surface area is 187 Å². The third-order valence-corrected chi connectivity index (χ3v) is 6.07. The average molecular weight is 444 g/mol. The number of halogens is 1. The molecule has 0 aliphatic carbocycles. The standard InChI is InChI=1S/C24H30FN3O4/c1-16(29)13-27-21-4-3-20(30)11-23(21)31-15-19(26)14-28-8-6-24(7-9-28)12-17-10-18(25)2-5-22(17)32-24/h2-5,10-11,19,27,30H,6-9,12-15,26H2,1H3/t19-/m1/s1. The summed E-state index contributed by atoms with van der Waals surface area (Å²) in [5, 5.41) is 12.8. The summed E-state index contributed by atoms with van der Waals surface area (Å²) < 4.78 is 25.6. The van der Waals surface area contributed by atoms with Crippen molar-refractivity contribution in [3.8, 4) is 17.2 Å². The van der Waals surface area contributed by atoms with Gasteiger partial charge in [-0.25, -0.2) is 4.39 Å². The predicted octanol–water partition coefficient (Wildman–Crippen LogP) is 2.71. The van der Waals surface area contributed by atoms with Crippen molar-refractivity contribution in [2.45, 2.75) is 37.8 Å². The highest BCUT2D eigenvalue weighted by atomic mass is 19.1. The molecule has 4 rings (SSSR count). The van der Waals surface area contributed by atoms with E-state index in [-0.39, 0.29) is 42.1 Å². The molecule has 172 valence electrons. The molecular weight excluding hydrogens is 413 g/mol. The molecule has 2 aliphatic rings. The highest BCUT2D eigenvalue weighted by Gasteiger charge is 2.42. The van der Waals surface area contributed by atoms with Crippen LogP contribution in [0.25, 0.3) is 0 Å². The molecule has 1 spiro atoms. The SMILES string of the molecule is CC(=O)CNc1ccc(O)cc1OC[C@H](N)CN1CCC2(CC1)Cc1cc(F)ccc1O2. The molecule has 2 heterocycles. The summed E-state index contributed by atoms with van der Waals surface area (Å²) in [4.78, 5) is 13.5. The lowest BCUT2D eigenvalue weighted by molar-refractivity contribution is -0.115. The van der Waals surface area contributed by atoms with Gasteiger partial charge in [-0.1, -0.05) is 0 Å². The number of likely N-dealkylation sites (tertiary alicyclic amines) is 1. The lowest BCUT2D eigenvalue weighted by Crippen LogP contribution is -2.51. The number of carbonyl (C=O) groups is 1. The van der Waals surface area contributed by atoms with Crippen molar-refractivity contribution in [2.75, 3.05) is 38.1 Å². The molecule has 7 nitrogen and oxygen atoms in total. The molecule has 2 aliphatic heterocycles. The number of piperidine rings is 1. The highest BCUT2D eigenvalue weighted by Crippen LogP contribution is 2.41. The number of Topliss-reactive ketones (excluding diaryl/α,β-unsaturated/α-hetero) is 1. The van der Waals surface area contributed by atoms with E-state index in [4.69, 9.17) is 15.2 Å². The predicted molar refractivity (Wildman–Crippen MR) is 120 cm³/mol. The zero-order valence-electron chi connectivity index (χ0n) is 18.3. The third kappa shape index (κ3) is 5.31. The molecule has 2 aromatic carbocycles. The third-order valence-electron chi connectivity index (χ3n) is 6.07. The smallest absolute Gasteiger partial charge is 0.148 e.